The van der Waals surface area contributed by atoms with Gasteiger partial charge in [0, 0.05) is 35.8 Å². The van der Waals surface area contributed by atoms with Crippen LogP contribution in [0.15, 0.2) is 46.9 Å². The Kier molecular flexibility index (Phi) is 8.98. The molecule has 0 aliphatic rings. The van der Waals surface area contributed by atoms with Crippen molar-refractivity contribution in [2.75, 3.05) is 27.4 Å². The molecule has 0 saturated carbocycles. The molecule has 30 heavy (non-hydrogen) atoms. The number of ether oxygens (including phenoxy) is 3. The third-order valence-electron chi connectivity index (χ3n) is 4.45. The van der Waals surface area contributed by atoms with Crippen LogP contribution >= 0.6 is 15.9 Å². The number of rotatable bonds is 10. The maximum Gasteiger partial charge on any atom is 0.261 e. The van der Waals surface area contributed by atoms with E-state index in [1.54, 1.807) is 25.1 Å². The average molecular weight is 479 g/mol. The van der Waals surface area contributed by atoms with Gasteiger partial charge in [-0.05, 0) is 31.5 Å². The van der Waals surface area contributed by atoms with E-state index in [1.807, 2.05) is 31.2 Å². The molecule has 0 saturated heterocycles. The Balaban J connectivity index is 2.18. The molecule has 0 bridgehead atoms. The molecule has 2 aromatic carbocycles. The van der Waals surface area contributed by atoms with Crippen LogP contribution in [0.5, 0.6) is 17.2 Å². The van der Waals surface area contributed by atoms with E-state index in [4.69, 9.17) is 14.2 Å². The molecule has 8 heteroatoms. The van der Waals surface area contributed by atoms with Crippen molar-refractivity contribution in [1.29, 1.82) is 0 Å². The van der Waals surface area contributed by atoms with Gasteiger partial charge in [0.05, 0.1) is 14.2 Å². The Morgan fingerprint density at radius 1 is 1.07 bits per heavy atom. The molecule has 2 amide bonds. The first-order chi connectivity index (χ1) is 14.4. The zero-order chi connectivity index (χ0) is 22.1. The van der Waals surface area contributed by atoms with E-state index in [2.05, 4.69) is 21.2 Å². The van der Waals surface area contributed by atoms with Gasteiger partial charge in [-0.1, -0.05) is 28.1 Å². The SMILES string of the molecule is CCNC(=O)[C@H](C)N(Cc1cccc(Br)c1)C(=O)COc1cc(OC)cc(OC)c1. The molecule has 2 aromatic rings. The Bertz CT molecular complexity index is 852. The molecule has 0 spiro atoms. The molecule has 162 valence electrons. The van der Waals surface area contributed by atoms with E-state index < -0.39 is 6.04 Å². The fourth-order valence-electron chi connectivity index (χ4n) is 2.83. The largest absolute Gasteiger partial charge is 0.496 e. The Morgan fingerprint density at radius 2 is 1.70 bits per heavy atom. The summed E-state index contributed by atoms with van der Waals surface area (Å²) in [5.74, 6) is 1.02. The lowest BCUT2D eigenvalue weighted by Gasteiger charge is -2.28. The molecule has 1 atom stereocenters. The van der Waals surface area contributed by atoms with Crippen molar-refractivity contribution in [2.45, 2.75) is 26.4 Å². The van der Waals surface area contributed by atoms with Crippen LogP contribution in [0.3, 0.4) is 0 Å². The van der Waals surface area contributed by atoms with E-state index in [9.17, 15) is 9.59 Å². The number of hydrogen-bond donors (Lipinski definition) is 1. The minimum Gasteiger partial charge on any atom is -0.496 e. The highest BCUT2D eigenvalue weighted by Gasteiger charge is 2.26. The zero-order valence-electron chi connectivity index (χ0n) is 17.6. The van der Waals surface area contributed by atoms with Gasteiger partial charge in [0.25, 0.3) is 5.91 Å². The Labute approximate surface area is 185 Å². The van der Waals surface area contributed by atoms with Crippen molar-refractivity contribution < 1.29 is 23.8 Å². The van der Waals surface area contributed by atoms with Crippen LogP contribution in [0.1, 0.15) is 19.4 Å². The van der Waals surface area contributed by atoms with Gasteiger partial charge in [-0.2, -0.15) is 0 Å². The lowest BCUT2D eigenvalue weighted by Crippen LogP contribution is -2.49. The minimum absolute atomic E-state index is 0.219. The van der Waals surface area contributed by atoms with Crippen LogP contribution in [-0.2, 0) is 16.1 Å². The topological polar surface area (TPSA) is 77.1 Å². The summed E-state index contributed by atoms with van der Waals surface area (Å²) in [7, 11) is 3.08. The minimum atomic E-state index is -0.653. The smallest absolute Gasteiger partial charge is 0.261 e. The Hall–Kier alpha value is -2.74. The van der Waals surface area contributed by atoms with Crippen LogP contribution < -0.4 is 19.5 Å². The van der Waals surface area contributed by atoms with Crippen molar-refractivity contribution in [3.63, 3.8) is 0 Å². The number of amides is 2. The van der Waals surface area contributed by atoms with Crippen molar-refractivity contribution in [1.82, 2.24) is 10.2 Å². The lowest BCUT2D eigenvalue weighted by atomic mass is 10.1. The molecule has 0 aliphatic heterocycles. The van der Waals surface area contributed by atoms with Crippen molar-refractivity contribution in [2.24, 2.45) is 0 Å². The molecule has 7 nitrogen and oxygen atoms in total. The summed E-state index contributed by atoms with van der Waals surface area (Å²) in [6.07, 6.45) is 0. The quantitative estimate of drug-likeness (QED) is 0.566. The van der Waals surface area contributed by atoms with E-state index in [-0.39, 0.29) is 25.0 Å². The van der Waals surface area contributed by atoms with E-state index in [0.29, 0.717) is 23.8 Å². The maximum absolute atomic E-state index is 13.0. The van der Waals surface area contributed by atoms with E-state index in [0.717, 1.165) is 10.0 Å². The number of hydrogen-bond acceptors (Lipinski definition) is 5. The van der Waals surface area contributed by atoms with Crippen LogP contribution in [0.2, 0.25) is 0 Å². The second kappa shape index (κ2) is 11.4. The summed E-state index contributed by atoms with van der Waals surface area (Å²) in [5.41, 5.74) is 0.900. The lowest BCUT2D eigenvalue weighted by molar-refractivity contribution is -0.142. The molecule has 0 radical (unpaired) electrons. The van der Waals surface area contributed by atoms with Gasteiger partial charge in [0.2, 0.25) is 5.91 Å². The molecule has 0 aromatic heterocycles. The summed E-state index contributed by atoms with van der Waals surface area (Å²) >= 11 is 3.44. The molecular formula is C22H27BrN2O5. The molecule has 2 rings (SSSR count). The fraction of sp³-hybridized carbons (Fsp3) is 0.364. The summed E-state index contributed by atoms with van der Waals surface area (Å²) in [6, 6.07) is 12.0. The maximum atomic E-state index is 13.0. The number of nitrogens with one attached hydrogen (secondary N) is 1. The van der Waals surface area contributed by atoms with Gasteiger partial charge in [0.1, 0.15) is 23.3 Å². The number of halogens is 1. The van der Waals surface area contributed by atoms with Gasteiger partial charge >= 0.3 is 0 Å². The third-order valence-corrected chi connectivity index (χ3v) is 4.94. The summed E-state index contributed by atoms with van der Waals surface area (Å²) < 4.78 is 17.0. The van der Waals surface area contributed by atoms with Crippen LogP contribution in [0.4, 0.5) is 0 Å². The first kappa shape index (κ1) is 23.5. The summed E-state index contributed by atoms with van der Waals surface area (Å²) in [4.78, 5) is 26.9. The first-order valence-electron chi connectivity index (χ1n) is 9.55. The number of nitrogens with zero attached hydrogens (tertiary/aromatic N) is 1. The van der Waals surface area contributed by atoms with Gasteiger partial charge < -0.3 is 24.4 Å². The molecule has 0 heterocycles. The number of methoxy groups -OCH3 is 2. The molecular weight excluding hydrogens is 452 g/mol. The predicted molar refractivity (Wildman–Crippen MR) is 118 cm³/mol. The second-order valence-corrected chi connectivity index (χ2v) is 7.47. The highest BCUT2D eigenvalue weighted by molar-refractivity contribution is 9.10. The molecule has 0 aliphatic carbocycles. The van der Waals surface area contributed by atoms with Crippen molar-refractivity contribution in [3.8, 4) is 17.2 Å². The van der Waals surface area contributed by atoms with Crippen LogP contribution in [0, 0.1) is 0 Å². The Morgan fingerprint density at radius 3 is 2.27 bits per heavy atom. The predicted octanol–water partition coefficient (Wildman–Crippen LogP) is 3.40. The highest BCUT2D eigenvalue weighted by Crippen LogP contribution is 2.27. The van der Waals surface area contributed by atoms with E-state index in [1.165, 1.54) is 19.1 Å². The van der Waals surface area contributed by atoms with E-state index >= 15 is 0 Å². The van der Waals surface area contributed by atoms with Gasteiger partial charge in [0.15, 0.2) is 6.61 Å². The third kappa shape index (κ3) is 6.66. The average Bonchev–Trinajstić information content (AvgIpc) is 2.75. The zero-order valence-corrected chi connectivity index (χ0v) is 19.2. The summed E-state index contributed by atoms with van der Waals surface area (Å²) in [6.45, 7) is 4.08. The standard InChI is InChI=1S/C22H27BrN2O5/c1-5-24-22(27)15(2)25(13-16-7-6-8-17(23)9-16)21(26)14-30-20-11-18(28-3)10-19(12-20)29-4/h6-12,15H,5,13-14H2,1-4H3,(H,24,27)/t15-/m0/s1. The summed E-state index contributed by atoms with van der Waals surface area (Å²) in [5, 5.41) is 2.77. The highest BCUT2D eigenvalue weighted by atomic mass is 79.9. The van der Waals surface area contributed by atoms with Gasteiger partial charge in [-0.3, -0.25) is 9.59 Å². The number of likely N-dealkylation sites (N-methyl/N-ethyl adjacent to an activating group) is 1. The second-order valence-electron chi connectivity index (χ2n) is 6.56. The monoisotopic (exact) mass is 478 g/mol. The number of benzene rings is 2. The number of carbonyl (C=O) groups excluding carboxylic acids is 2. The van der Waals surface area contributed by atoms with Crippen molar-refractivity contribution >= 4 is 27.7 Å². The van der Waals surface area contributed by atoms with Crippen LogP contribution in [-0.4, -0.2) is 50.1 Å². The molecule has 1 N–H and O–H groups in total. The molecule has 0 fully saturated rings. The fourth-order valence-corrected chi connectivity index (χ4v) is 3.28. The number of carbonyl (C=O) groups is 2. The van der Waals surface area contributed by atoms with Crippen LogP contribution in [0.25, 0.3) is 0 Å². The van der Waals surface area contributed by atoms with Crippen molar-refractivity contribution in [3.05, 3.63) is 52.5 Å². The van der Waals surface area contributed by atoms with Gasteiger partial charge in [-0.25, -0.2) is 0 Å². The first-order valence-corrected chi connectivity index (χ1v) is 10.3. The van der Waals surface area contributed by atoms with Gasteiger partial charge in [-0.15, -0.1) is 0 Å². The molecule has 0 unspecified atom stereocenters. The normalized spacial score (nSPS) is 11.4.